The normalized spacial score (nSPS) is 11.4. The van der Waals surface area contributed by atoms with Crippen molar-refractivity contribution in [2.75, 3.05) is 5.43 Å². The number of anilines is 1. The second kappa shape index (κ2) is 5.66. The molecule has 0 aliphatic rings. The summed E-state index contributed by atoms with van der Waals surface area (Å²) in [6.45, 7) is 3.53. The smallest absolute Gasteiger partial charge is 0.269 e. The summed E-state index contributed by atoms with van der Waals surface area (Å²) in [5, 5.41) is 24.5. The number of aromatic hydroxyl groups is 1. The van der Waals surface area contributed by atoms with Crippen LogP contribution in [-0.2, 0) is 0 Å². The summed E-state index contributed by atoms with van der Waals surface area (Å²) < 4.78 is 0. The van der Waals surface area contributed by atoms with Gasteiger partial charge in [0.1, 0.15) is 0 Å². The lowest BCUT2D eigenvalue weighted by Crippen LogP contribution is -1.99. The Bertz CT molecular complexity index is 644. The fraction of sp³-hybridized carbons (Fsp3) is 0.167. The van der Waals surface area contributed by atoms with E-state index in [0.29, 0.717) is 15.7 Å². The van der Waals surface area contributed by atoms with E-state index in [0.717, 1.165) is 5.56 Å². The molecule has 0 aliphatic heterocycles. The van der Waals surface area contributed by atoms with Crippen LogP contribution in [0.4, 0.5) is 10.8 Å². The molecule has 8 heteroatoms. The second-order valence-electron chi connectivity index (χ2n) is 4.01. The number of benzene rings is 1. The first-order valence-electron chi connectivity index (χ1n) is 5.69. The number of aromatic nitrogens is 1. The van der Waals surface area contributed by atoms with Crippen LogP contribution in [0.2, 0.25) is 0 Å². The van der Waals surface area contributed by atoms with Crippen molar-refractivity contribution in [1.82, 2.24) is 4.98 Å². The van der Waals surface area contributed by atoms with Gasteiger partial charge in [-0.1, -0.05) is 11.3 Å². The minimum atomic E-state index is -0.449. The Kier molecular flexibility index (Phi) is 3.94. The summed E-state index contributed by atoms with van der Waals surface area (Å²) in [6.07, 6.45) is 0. The fourth-order valence-corrected chi connectivity index (χ4v) is 2.11. The molecule has 2 N–H and O–H groups in total. The van der Waals surface area contributed by atoms with E-state index in [4.69, 9.17) is 0 Å². The molecule has 2 aromatic rings. The maximum atomic E-state index is 10.6. The highest BCUT2D eigenvalue weighted by Gasteiger charge is 2.07. The molecule has 0 amide bonds. The number of aryl methyl sites for hydroxylation is 1. The number of hydrazone groups is 1. The number of nitrogens with zero attached hydrogens (tertiary/aromatic N) is 3. The predicted molar refractivity (Wildman–Crippen MR) is 77.4 cm³/mol. The number of non-ortho nitro benzene ring substituents is 1. The largest absolute Gasteiger partial charge is 0.492 e. The summed E-state index contributed by atoms with van der Waals surface area (Å²) >= 11 is 1.29. The number of rotatable bonds is 4. The van der Waals surface area contributed by atoms with E-state index < -0.39 is 4.92 Å². The molecule has 2 rings (SSSR count). The van der Waals surface area contributed by atoms with Gasteiger partial charge in [-0.15, -0.1) is 0 Å². The second-order valence-corrected chi connectivity index (χ2v) is 5.22. The third-order valence-corrected chi connectivity index (χ3v) is 3.45. The van der Waals surface area contributed by atoms with Gasteiger partial charge >= 0.3 is 0 Å². The van der Waals surface area contributed by atoms with E-state index in [-0.39, 0.29) is 11.6 Å². The van der Waals surface area contributed by atoms with E-state index in [1.165, 1.54) is 23.5 Å². The molecule has 104 valence electrons. The highest BCUT2D eigenvalue weighted by molar-refractivity contribution is 7.15. The molecule has 0 unspecified atom stereocenters. The van der Waals surface area contributed by atoms with Crippen molar-refractivity contribution in [1.29, 1.82) is 0 Å². The van der Waals surface area contributed by atoms with E-state index in [1.807, 2.05) is 0 Å². The van der Waals surface area contributed by atoms with Gasteiger partial charge in [-0.25, -0.2) is 0 Å². The zero-order valence-electron chi connectivity index (χ0n) is 10.8. The van der Waals surface area contributed by atoms with Crippen molar-refractivity contribution in [3.63, 3.8) is 0 Å². The lowest BCUT2D eigenvalue weighted by Gasteiger charge is -2.00. The van der Waals surface area contributed by atoms with Gasteiger partial charge in [-0.3, -0.25) is 15.5 Å². The molecule has 0 fully saturated rings. The maximum absolute atomic E-state index is 10.6. The first kappa shape index (κ1) is 13.9. The number of hydrogen-bond acceptors (Lipinski definition) is 7. The molecule has 0 bridgehead atoms. The molecule has 20 heavy (non-hydrogen) atoms. The molecule has 1 aromatic carbocycles. The number of nitro benzene ring substituents is 1. The van der Waals surface area contributed by atoms with E-state index in [2.05, 4.69) is 15.5 Å². The summed E-state index contributed by atoms with van der Waals surface area (Å²) in [5.41, 5.74) is 4.20. The van der Waals surface area contributed by atoms with Gasteiger partial charge in [0, 0.05) is 12.1 Å². The number of nitrogens with one attached hydrogen (secondary N) is 1. The number of thiazole rings is 1. The minimum absolute atomic E-state index is 0.0133. The zero-order chi connectivity index (χ0) is 14.7. The van der Waals surface area contributed by atoms with Gasteiger partial charge in [-0.05, 0) is 31.5 Å². The Morgan fingerprint density at radius 2 is 2.10 bits per heavy atom. The third kappa shape index (κ3) is 3.09. The van der Waals surface area contributed by atoms with Crippen LogP contribution in [0.25, 0.3) is 0 Å². The van der Waals surface area contributed by atoms with Crippen LogP contribution in [0.1, 0.15) is 17.4 Å². The average Bonchev–Trinajstić information content (AvgIpc) is 2.75. The monoisotopic (exact) mass is 292 g/mol. The van der Waals surface area contributed by atoms with Crippen LogP contribution >= 0.6 is 11.3 Å². The molecule has 0 saturated heterocycles. The maximum Gasteiger partial charge on any atom is 0.269 e. The summed E-state index contributed by atoms with van der Waals surface area (Å²) in [7, 11) is 0. The van der Waals surface area contributed by atoms with Gasteiger partial charge in [-0.2, -0.15) is 10.1 Å². The van der Waals surface area contributed by atoms with Crippen LogP contribution in [0.5, 0.6) is 5.88 Å². The van der Waals surface area contributed by atoms with Gasteiger partial charge in [0.25, 0.3) is 5.69 Å². The first-order valence-corrected chi connectivity index (χ1v) is 6.50. The Morgan fingerprint density at radius 3 is 2.60 bits per heavy atom. The van der Waals surface area contributed by atoms with Crippen molar-refractivity contribution < 1.29 is 10.0 Å². The molecule has 7 nitrogen and oxygen atoms in total. The molecule has 0 radical (unpaired) electrons. The van der Waals surface area contributed by atoms with Crippen LogP contribution in [0, 0.1) is 17.0 Å². The molecule has 0 saturated carbocycles. The minimum Gasteiger partial charge on any atom is -0.492 e. The molecule has 1 heterocycles. The Balaban J connectivity index is 2.11. The molecule has 0 atom stereocenters. The van der Waals surface area contributed by atoms with Crippen LogP contribution < -0.4 is 5.43 Å². The molecular formula is C12H12N4O3S. The lowest BCUT2D eigenvalue weighted by atomic mass is 10.1. The molecule has 0 spiro atoms. The fourth-order valence-electron chi connectivity index (χ4n) is 1.46. The third-order valence-electron chi connectivity index (χ3n) is 2.59. The van der Waals surface area contributed by atoms with Crippen LogP contribution in [0.3, 0.4) is 0 Å². The predicted octanol–water partition coefficient (Wildman–Crippen LogP) is 2.90. The quantitative estimate of drug-likeness (QED) is 0.512. The first-order chi connectivity index (χ1) is 9.47. The van der Waals surface area contributed by atoms with Gasteiger partial charge in [0.05, 0.1) is 15.5 Å². The topological polar surface area (TPSA) is 101 Å². The standard InChI is InChI=1S/C12H12N4O3S/c1-7(9-3-5-10(6-4-9)16(18)19)14-15-12-13-11(17)8(2)20-12/h3-6,17H,1-2H3,(H,13,15)/b14-7+. The highest BCUT2D eigenvalue weighted by atomic mass is 32.1. The van der Waals surface area contributed by atoms with Crippen LogP contribution in [0.15, 0.2) is 29.4 Å². The van der Waals surface area contributed by atoms with E-state index in [9.17, 15) is 15.2 Å². The zero-order valence-corrected chi connectivity index (χ0v) is 11.6. The lowest BCUT2D eigenvalue weighted by molar-refractivity contribution is -0.384. The summed E-state index contributed by atoms with van der Waals surface area (Å²) in [4.78, 5) is 14.7. The van der Waals surface area contributed by atoms with Crippen molar-refractivity contribution >= 4 is 27.9 Å². The SMILES string of the molecule is C/C(=N\Nc1nc(O)c(C)s1)c1ccc([N+](=O)[O-])cc1. The average molecular weight is 292 g/mol. The Labute approximate surface area is 118 Å². The molecule has 1 aromatic heterocycles. The van der Waals surface area contributed by atoms with Crippen molar-refractivity contribution in [2.45, 2.75) is 13.8 Å². The number of nitro groups is 1. The highest BCUT2D eigenvalue weighted by Crippen LogP contribution is 2.26. The van der Waals surface area contributed by atoms with Gasteiger partial charge in [0.15, 0.2) is 0 Å². The van der Waals surface area contributed by atoms with Gasteiger partial charge < -0.3 is 5.11 Å². The Hall–Kier alpha value is -2.48. The molecule has 0 aliphatic carbocycles. The van der Waals surface area contributed by atoms with E-state index in [1.54, 1.807) is 26.0 Å². The van der Waals surface area contributed by atoms with E-state index >= 15 is 0 Å². The summed E-state index contributed by atoms with van der Waals surface area (Å²) in [5.74, 6) is -0.0133. The van der Waals surface area contributed by atoms with Crippen molar-refractivity contribution in [3.8, 4) is 5.88 Å². The van der Waals surface area contributed by atoms with Gasteiger partial charge in [0.2, 0.25) is 11.0 Å². The summed E-state index contributed by atoms with van der Waals surface area (Å²) in [6, 6.07) is 6.11. The molecular weight excluding hydrogens is 280 g/mol. The van der Waals surface area contributed by atoms with Crippen LogP contribution in [-0.4, -0.2) is 20.7 Å². The number of hydrogen-bond donors (Lipinski definition) is 2. The van der Waals surface area contributed by atoms with Crippen molar-refractivity contribution in [2.24, 2.45) is 5.10 Å². The van der Waals surface area contributed by atoms with Crippen molar-refractivity contribution in [3.05, 3.63) is 44.8 Å². The Morgan fingerprint density at radius 1 is 1.45 bits per heavy atom.